The summed E-state index contributed by atoms with van der Waals surface area (Å²) < 4.78 is 52.2. The van der Waals surface area contributed by atoms with Gasteiger partial charge in [-0.25, -0.2) is 0 Å². The highest BCUT2D eigenvalue weighted by molar-refractivity contribution is 6.90. The van der Waals surface area contributed by atoms with Gasteiger partial charge in [-0.2, -0.15) is 0 Å². The van der Waals surface area contributed by atoms with Gasteiger partial charge in [0.1, 0.15) is 0 Å². The lowest BCUT2D eigenvalue weighted by Gasteiger charge is -2.44. The first kappa shape index (κ1) is 56.6. The molecule has 0 saturated carbocycles. The summed E-state index contributed by atoms with van der Waals surface area (Å²) in [5, 5.41) is 39.5. The fourth-order valence-electron chi connectivity index (χ4n) is 5.75. The third-order valence-corrected chi connectivity index (χ3v) is 27.4. The van der Waals surface area contributed by atoms with Crippen LogP contribution in [0.15, 0.2) is 0 Å². The Bertz CT molecular complexity index is 835. The molecule has 0 amide bonds. The van der Waals surface area contributed by atoms with Crippen molar-refractivity contribution in [1.82, 2.24) is 0 Å². The highest BCUT2D eigenvalue weighted by atomic mass is 28.5. The molecule has 337 valence electrons. The molecular weight excluding hydrogens is 801 g/mol. The fourth-order valence-corrected chi connectivity index (χ4v) is 24.5. The van der Waals surface area contributed by atoms with Gasteiger partial charge in [-0.15, -0.1) is 0 Å². The van der Waals surface area contributed by atoms with E-state index in [-0.39, 0.29) is 0 Å². The quantitative estimate of drug-likeness (QED) is 0.0348. The zero-order chi connectivity index (χ0) is 42.5. The molecule has 4 unspecified atom stereocenters. The van der Waals surface area contributed by atoms with Crippen LogP contribution in [0.4, 0.5) is 0 Å². The van der Waals surface area contributed by atoms with Crippen molar-refractivity contribution >= 4 is 43.0 Å². The van der Waals surface area contributed by atoms with Crippen LogP contribution in [0.3, 0.4) is 0 Å². The van der Waals surface area contributed by atoms with Crippen molar-refractivity contribution in [2.24, 2.45) is 0 Å². The minimum atomic E-state index is -3.67. The summed E-state index contributed by atoms with van der Waals surface area (Å²) in [6, 6.07) is 3.65. The van der Waals surface area contributed by atoms with E-state index in [1.807, 2.05) is 27.7 Å². The largest absolute Gasteiger partial charge is 0.636 e. The molecule has 4 N–H and O–H groups in total. The number of ether oxygens (including phenoxy) is 4. The van der Waals surface area contributed by atoms with Gasteiger partial charge < -0.3 is 55.8 Å². The maximum atomic E-state index is 9.88. The Morgan fingerprint density at radius 3 is 0.964 bits per heavy atom. The van der Waals surface area contributed by atoms with Gasteiger partial charge in [0.05, 0.1) is 50.8 Å². The molecule has 56 heavy (non-hydrogen) atoms. The Morgan fingerprint density at radius 2 is 0.696 bits per heavy atom. The summed E-state index contributed by atoms with van der Waals surface area (Å²) in [7, 11) is -12.2. The zero-order valence-electron chi connectivity index (χ0n) is 37.8. The van der Waals surface area contributed by atoms with E-state index in [9.17, 15) is 20.4 Å². The van der Waals surface area contributed by atoms with Gasteiger partial charge in [0.25, 0.3) is 0 Å². The summed E-state index contributed by atoms with van der Waals surface area (Å²) in [6.45, 7) is 27.5. The highest BCUT2D eigenvalue weighted by Crippen LogP contribution is 2.33. The van der Waals surface area contributed by atoms with Crippen molar-refractivity contribution in [3.8, 4) is 0 Å². The minimum absolute atomic E-state index is 0.368. The van der Waals surface area contributed by atoms with Crippen LogP contribution in [0, 0.1) is 0 Å². The molecule has 0 rings (SSSR count). The monoisotopic (exact) mass is 890 g/mol. The maximum absolute atomic E-state index is 9.88. The van der Waals surface area contributed by atoms with Crippen LogP contribution in [0.25, 0.3) is 0 Å². The van der Waals surface area contributed by atoms with Crippen molar-refractivity contribution in [3.63, 3.8) is 0 Å². The Morgan fingerprint density at radius 1 is 0.429 bits per heavy atom. The van der Waals surface area contributed by atoms with Gasteiger partial charge in [0.15, 0.2) is 25.0 Å². The lowest BCUT2D eigenvalue weighted by molar-refractivity contribution is 0.0338. The van der Waals surface area contributed by atoms with Crippen LogP contribution in [0.5, 0.6) is 0 Å². The lowest BCUT2D eigenvalue weighted by atomic mass is 10.3. The van der Waals surface area contributed by atoms with Crippen LogP contribution in [0.2, 0.25) is 70.0 Å². The second kappa shape index (κ2) is 32.3. The molecule has 0 heterocycles. The van der Waals surface area contributed by atoms with E-state index in [2.05, 4.69) is 45.8 Å². The molecule has 12 nitrogen and oxygen atoms in total. The Kier molecular flexibility index (Phi) is 32.7. The van der Waals surface area contributed by atoms with E-state index in [4.69, 9.17) is 35.4 Å². The average molecular weight is 891 g/mol. The summed E-state index contributed by atoms with van der Waals surface area (Å²) in [4.78, 5) is 0. The second-order valence-corrected chi connectivity index (χ2v) is 35.5. The molecule has 0 aromatic rings. The van der Waals surface area contributed by atoms with E-state index in [1.165, 1.54) is 0 Å². The van der Waals surface area contributed by atoms with E-state index in [0.29, 0.717) is 78.5 Å². The predicted molar refractivity (Wildman–Crippen MR) is 239 cm³/mol. The maximum Gasteiger partial charge on any atom is 0.636 e. The van der Waals surface area contributed by atoms with Crippen LogP contribution in [0.1, 0.15) is 105 Å². The molecule has 0 aliphatic rings. The van der Waals surface area contributed by atoms with E-state index in [0.717, 1.165) is 75.5 Å². The third-order valence-electron chi connectivity index (χ3n) is 9.65. The first-order valence-corrected chi connectivity index (χ1v) is 35.1. The molecule has 1 radical (unpaired) electrons. The van der Waals surface area contributed by atoms with E-state index >= 15 is 0 Å². The van der Waals surface area contributed by atoms with Gasteiger partial charge in [-0.1, -0.05) is 53.4 Å². The molecular formula is C39H89O12Si5. The Labute approximate surface area is 349 Å². The lowest BCUT2D eigenvalue weighted by Crippen LogP contribution is -2.65. The van der Waals surface area contributed by atoms with Crippen molar-refractivity contribution in [1.29, 1.82) is 0 Å². The SMILES string of the molecule is CCC(O)COCCCC[Si](C)O[Si](O[Si](C)(C)CCCCOCC(O)CC)(O[Si](C)(C)CCCCOCC(O)CC)O[Si](C)(C)CCCCOCC(O)CC. The van der Waals surface area contributed by atoms with Crippen molar-refractivity contribution in [2.45, 2.75) is 199 Å². The first-order chi connectivity index (χ1) is 26.3. The second-order valence-electron chi connectivity index (χ2n) is 17.3. The Hall–Kier alpha value is 0.604. The van der Waals surface area contributed by atoms with Gasteiger partial charge in [0, 0.05) is 26.4 Å². The Balaban J connectivity index is 6.13. The topological polar surface area (TPSA) is 155 Å². The van der Waals surface area contributed by atoms with Crippen LogP contribution < -0.4 is 0 Å². The van der Waals surface area contributed by atoms with Crippen molar-refractivity contribution in [2.75, 3.05) is 52.9 Å². The van der Waals surface area contributed by atoms with Gasteiger partial charge >= 0.3 is 9.05 Å². The molecule has 4 atom stereocenters. The highest BCUT2D eigenvalue weighted by Gasteiger charge is 2.56. The smallest absolute Gasteiger partial charge is 0.396 e. The normalized spacial score (nSPS) is 16.3. The van der Waals surface area contributed by atoms with Crippen LogP contribution in [-0.4, -0.2) is 141 Å². The molecule has 0 spiro atoms. The first-order valence-electron chi connectivity index (χ1n) is 22.0. The summed E-state index contributed by atoms with van der Waals surface area (Å²) in [5.41, 5.74) is 0. The molecule has 17 heteroatoms. The summed E-state index contributed by atoms with van der Waals surface area (Å²) in [5.74, 6) is 0. The van der Waals surface area contributed by atoms with Crippen LogP contribution >= 0.6 is 0 Å². The number of aliphatic hydroxyl groups is 4. The molecule has 0 fully saturated rings. The molecule has 0 bridgehead atoms. The number of rotatable bonds is 40. The van der Waals surface area contributed by atoms with Gasteiger partial charge in [-0.05, 0) is 121 Å². The number of unbranched alkanes of at least 4 members (excludes halogenated alkanes) is 4. The van der Waals surface area contributed by atoms with E-state index in [1.54, 1.807) is 0 Å². The van der Waals surface area contributed by atoms with Gasteiger partial charge in [0.2, 0.25) is 9.04 Å². The summed E-state index contributed by atoms with van der Waals surface area (Å²) >= 11 is 0. The predicted octanol–water partition coefficient (Wildman–Crippen LogP) is 8.00. The van der Waals surface area contributed by atoms with Gasteiger partial charge in [-0.3, -0.25) is 0 Å². The molecule has 0 aromatic carbocycles. The van der Waals surface area contributed by atoms with Crippen molar-refractivity contribution < 1.29 is 55.8 Å². The summed E-state index contributed by atoms with van der Waals surface area (Å²) in [6.07, 6.45) is 8.43. The number of aliphatic hydroxyl groups excluding tert-OH is 4. The third kappa shape index (κ3) is 31.5. The zero-order valence-corrected chi connectivity index (χ0v) is 42.8. The van der Waals surface area contributed by atoms with Crippen LogP contribution in [-0.2, 0) is 35.4 Å². The molecule has 0 saturated heterocycles. The fraction of sp³-hybridized carbons (Fsp3) is 1.00. The van der Waals surface area contributed by atoms with Crippen molar-refractivity contribution in [3.05, 3.63) is 0 Å². The standard InChI is InChI=1S/C39H89O12Si5/c1-12-36(40)32-44-24-16-20-28-52(5)48-56(49-53(6,7)29-21-17-25-45-33-37(41)13-2,50-54(8,9)30-22-18-26-46-34-38(42)14-3)51-55(10,11)31-23-19-27-47-35-39(43)15-4/h36-43H,12-35H2,1-11H3. The number of hydrogen-bond donors (Lipinski definition) is 4. The average Bonchev–Trinajstić information content (AvgIpc) is 3.12. The molecule has 0 aliphatic carbocycles. The number of hydrogen-bond acceptors (Lipinski definition) is 12. The van der Waals surface area contributed by atoms with E-state index < -0.39 is 67.5 Å². The minimum Gasteiger partial charge on any atom is -0.396 e. The molecule has 0 aromatic heterocycles. The molecule has 0 aliphatic heterocycles.